The summed E-state index contributed by atoms with van der Waals surface area (Å²) in [5.74, 6) is 0. The molecule has 0 aliphatic carbocycles. The molecule has 0 unspecified atom stereocenters. The summed E-state index contributed by atoms with van der Waals surface area (Å²) in [5.41, 5.74) is 18.0. The molecular weight excluding hydrogens is 686 g/mol. The van der Waals surface area contributed by atoms with Crippen molar-refractivity contribution in [2.24, 2.45) is 0 Å². The lowest BCUT2D eigenvalue weighted by molar-refractivity contribution is 0.590. The number of thiophene rings is 1. The van der Waals surface area contributed by atoms with Gasteiger partial charge in [0.1, 0.15) is 10.0 Å². The first kappa shape index (κ1) is 32.8. The topological polar surface area (TPSA) is 13.0 Å². The van der Waals surface area contributed by atoms with E-state index in [9.17, 15) is 0 Å². The minimum atomic E-state index is -0.0412. The number of rotatable bonds is 2. The van der Waals surface area contributed by atoms with Crippen LogP contribution in [0.3, 0.4) is 0 Å². The lowest BCUT2D eigenvalue weighted by Crippen LogP contribution is -2.56. The molecule has 4 aliphatic rings. The Bertz CT molecular complexity index is 2490. The van der Waals surface area contributed by atoms with Gasteiger partial charge in [-0.25, -0.2) is 0 Å². The summed E-state index contributed by atoms with van der Waals surface area (Å²) in [6.45, 7) is 13.7. The van der Waals surface area contributed by atoms with Gasteiger partial charge in [-0.05, 0) is 80.4 Å². The quantitative estimate of drug-likeness (QED) is 0.164. The Morgan fingerprint density at radius 3 is 1.11 bits per heavy atom. The van der Waals surface area contributed by atoms with Gasteiger partial charge in [-0.2, -0.15) is 0 Å². The minimum Gasteiger partial charge on any atom is -0.357 e. The highest BCUT2D eigenvalue weighted by molar-refractivity contribution is 7.25. The van der Waals surface area contributed by atoms with Crippen molar-refractivity contribution in [1.82, 2.24) is 0 Å². The third-order valence-electron chi connectivity index (χ3n) is 12.1. The number of fused-ring (bicyclic) bond motifs is 17. The predicted octanol–water partition coefficient (Wildman–Crippen LogP) is 11.7. The van der Waals surface area contributed by atoms with Gasteiger partial charge in [0.2, 0.25) is 0 Å². The van der Waals surface area contributed by atoms with Gasteiger partial charge in [0, 0.05) is 33.9 Å². The standard InChI is InChI=1S/C48H42B2N4S/c1-47(2,3)31-23-27-33(28-24-31)51-43-44-46(55-45(43)53-41-21-13-9-17-37(41)35-15-7-11-19-39(35)49(51)53)54-42-22-14-10-18-38(42)36-16-8-12-20-40(36)50(54)52(44)34-29-25-32(26-30-34)48(4,5)6/h7-30H,1-6H3. The summed E-state index contributed by atoms with van der Waals surface area (Å²) in [7, 11) is 0. The van der Waals surface area contributed by atoms with Gasteiger partial charge in [0.15, 0.2) is 0 Å². The van der Waals surface area contributed by atoms with E-state index < -0.39 is 0 Å². The van der Waals surface area contributed by atoms with E-state index in [4.69, 9.17) is 0 Å². The van der Waals surface area contributed by atoms with Crippen LogP contribution in [0.25, 0.3) is 22.3 Å². The van der Waals surface area contributed by atoms with E-state index in [1.165, 1.54) is 88.4 Å². The third-order valence-corrected chi connectivity index (χ3v) is 13.3. The molecule has 266 valence electrons. The van der Waals surface area contributed by atoms with Crippen LogP contribution in [0.1, 0.15) is 52.7 Å². The molecule has 4 nitrogen and oxygen atoms in total. The molecule has 7 aromatic rings. The molecule has 0 saturated heterocycles. The van der Waals surface area contributed by atoms with Crippen LogP contribution in [0.15, 0.2) is 146 Å². The normalized spacial score (nSPS) is 14.9. The fourth-order valence-electron chi connectivity index (χ4n) is 9.43. The first-order valence-electron chi connectivity index (χ1n) is 19.5. The number of hydrogen-bond donors (Lipinski definition) is 0. The maximum absolute atomic E-state index is 2.65. The Morgan fingerprint density at radius 2 is 0.727 bits per heavy atom. The second kappa shape index (κ2) is 11.4. The monoisotopic (exact) mass is 728 g/mol. The number of hydrogen-bond acceptors (Lipinski definition) is 5. The van der Waals surface area contributed by atoms with Crippen LogP contribution in [0.2, 0.25) is 0 Å². The summed E-state index contributed by atoms with van der Waals surface area (Å²) >= 11 is 1.94. The van der Waals surface area contributed by atoms with Crippen molar-refractivity contribution in [2.75, 3.05) is 19.2 Å². The molecule has 0 atom stereocenters. The zero-order valence-corrected chi connectivity index (χ0v) is 33.0. The van der Waals surface area contributed by atoms with Gasteiger partial charge in [0.05, 0.1) is 11.4 Å². The Morgan fingerprint density at radius 1 is 0.382 bits per heavy atom. The Kier molecular flexibility index (Phi) is 6.81. The molecule has 4 aliphatic heterocycles. The highest BCUT2D eigenvalue weighted by atomic mass is 32.1. The molecular formula is C48H42B2N4S. The summed E-state index contributed by atoms with van der Waals surface area (Å²) in [4.78, 5) is 10.6. The molecule has 1 aromatic heterocycles. The third kappa shape index (κ3) is 4.60. The van der Waals surface area contributed by atoms with E-state index in [2.05, 4.69) is 206 Å². The van der Waals surface area contributed by atoms with Crippen molar-refractivity contribution in [3.05, 3.63) is 157 Å². The van der Waals surface area contributed by atoms with E-state index in [1.807, 2.05) is 11.3 Å². The van der Waals surface area contributed by atoms with Gasteiger partial charge < -0.3 is 19.2 Å². The highest BCUT2D eigenvalue weighted by Gasteiger charge is 2.57. The first-order chi connectivity index (χ1) is 26.6. The SMILES string of the molecule is CC(C)(C)c1ccc(N2B3c4ccccc4-c4ccccc4N3c3sc4c(c32)N(c2ccc(C(C)(C)C)cc2)B2c3ccccc3-c3ccccc3N24)cc1. The van der Waals surface area contributed by atoms with Gasteiger partial charge in [-0.1, -0.05) is 162 Å². The molecule has 0 spiro atoms. The van der Waals surface area contributed by atoms with Crippen LogP contribution < -0.4 is 30.2 Å². The zero-order chi connectivity index (χ0) is 37.4. The molecule has 11 rings (SSSR count). The lowest BCUT2D eigenvalue weighted by atomic mass is 9.59. The molecule has 55 heavy (non-hydrogen) atoms. The Hall–Kier alpha value is -5.65. The van der Waals surface area contributed by atoms with Gasteiger partial charge in [-0.15, -0.1) is 0 Å². The fourth-order valence-corrected chi connectivity index (χ4v) is 10.8. The number of nitrogens with zero attached hydrogens (tertiary/aromatic N) is 4. The summed E-state index contributed by atoms with van der Waals surface area (Å²) in [5, 5.41) is 2.56. The van der Waals surface area contributed by atoms with Gasteiger partial charge >= 0.3 is 14.0 Å². The van der Waals surface area contributed by atoms with Crippen LogP contribution >= 0.6 is 11.3 Å². The Balaban J connectivity index is 1.22. The molecule has 0 fully saturated rings. The van der Waals surface area contributed by atoms with Crippen LogP contribution in [0, 0.1) is 0 Å². The van der Waals surface area contributed by atoms with E-state index in [0.717, 1.165) is 0 Å². The average Bonchev–Trinajstić information content (AvgIpc) is 3.84. The van der Waals surface area contributed by atoms with Crippen molar-refractivity contribution >= 4 is 80.4 Å². The van der Waals surface area contributed by atoms with Crippen LogP contribution in [0.4, 0.5) is 44.1 Å². The highest BCUT2D eigenvalue weighted by Crippen LogP contribution is 2.67. The molecule has 5 heterocycles. The van der Waals surface area contributed by atoms with Crippen molar-refractivity contribution in [1.29, 1.82) is 0 Å². The molecule has 0 amide bonds. The molecule has 0 bridgehead atoms. The Labute approximate surface area is 329 Å². The predicted molar refractivity (Wildman–Crippen MR) is 238 cm³/mol. The van der Waals surface area contributed by atoms with Crippen LogP contribution in [0.5, 0.6) is 0 Å². The summed E-state index contributed by atoms with van der Waals surface area (Å²) < 4.78 is 0. The fraction of sp³-hybridized carbons (Fsp3) is 0.167. The van der Waals surface area contributed by atoms with Gasteiger partial charge in [0.25, 0.3) is 0 Å². The zero-order valence-electron chi connectivity index (χ0n) is 32.2. The van der Waals surface area contributed by atoms with E-state index in [-0.39, 0.29) is 24.8 Å². The van der Waals surface area contributed by atoms with E-state index in [0.29, 0.717) is 0 Å². The number of benzene rings is 6. The van der Waals surface area contributed by atoms with Crippen LogP contribution in [-0.2, 0) is 10.8 Å². The first-order valence-corrected chi connectivity index (χ1v) is 20.3. The molecule has 0 N–H and O–H groups in total. The molecule has 6 aromatic carbocycles. The van der Waals surface area contributed by atoms with E-state index in [1.54, 1.807) is 0 Å². The smallest absolute Gasteiger partial charge is 0.357 e. The second-order valence-electron chi connectivity index (χ2n) is 17.4. The maximum atomic E-state index is 2.65. The number of anilines is 8. The second-order valence-corrected chi connectivity index (χ2v) is 18.4. The lowest BCUT2D eigenvalue weighted by Gasteiger charge is -2.37. The van der Waals surface area contributed by atoms with E-state index >= 15 is 0 Å². The summed E-state index contributed by atoms with van der Waals surface area (Å²) in [6.07, 6.45) is 0. The molecule has 7 heteroatoms. The van der Waals surface area contributed by atoms with Gasteiger partial charge in [-0.3, -0.25) is 0 Å². The average molecular weight is 729 g/mol. The molecule has 0 saturated carbocycles. The molecule has 0 radical (unpaired) electrons. The minimum absolute atomic E-state index is 0.0412. The van der Waals surface area contributed by atoms with Crippen molar-refractivity contribution in [3.63, 3.8) is 0 Å². The summed E-state index contributed by atoms with van der Waals surface area (Å²) in [6, 6.07) is 54.9. The number of para-hydroxylation sites is 2. The van der Waals surface area contributed by atoms with Crippen molar-refractivity contribution in [2.45, 2.75) is 52.4 Å². The van der Waals surface area contributed by atoms with Crippen molar-refractivity contribution in [3.8, 4) is 22.3 Å². The van der Waals surface area contributed by atoms with Crippen molar-refractivity contribution < 1.29 is 0 Å². The van der Waals surface area contributed by atoms with Crippen LogP contribution in [-0.4, -0.2) is 14.0 Å². The maximum Gasteiger partial charge on any atom is 0.422 e. The largest absolute Gasteiger partial charge is 0.422 e.